The van der Waals surface area contributed by atoms with Gasteiger partial charge < -0.3 is 15.2 Å². The second kappa shape index (κ2) is 9.57. The molecule has 0 aromatic heterocycles. The largest absolute Gasteiger partial charge is 0.491 e. The Morgan fingerprint density at radius 1 is 1.12 bits per heavy atom. The topological polar surface area (TPSA) is 78.9 Å². The summed E-state index contributed by atoms with van der Waals surface area (Å²) in [5, 5.41) is 13.4. The Labute approximate surface area is 188 Å². The first-order valence-corrected chi connectivity index (χ1v) is 11.2. The third kappa shape index (κ3) is 4.55. The van der Waals surface area contributed by atoms with E-state index in [0.717, 1.165) is 23.3 Å². The van der Waals surface area contributed by atoms with Crippen LogP contribution in [-0.4, -0.2) is 46.7 Å². The summed E-state index contributed by atoms with van der Waals surface area (Å²) in [6.07, 6.45) is 4.37. The predicted molar refractivity (Wildman–Crippen MR) is 122 cm³/mol. The van der Waals surface area contributed by atoms with Gasteiger partial charge in [-0.05, 0) is 55.2 Å². The Morgan fingerprint density at radius 3 is 2.53 bits per heavy atom. The number of ether oxygens (including phenoxy) is 1. The van der Waals surface area contributed by atoms with E-state index in [1.54, 1.807) is 6.08 Å². The van der Waals surface area contributed by atoms with Gasteiger partial charge in [0.25, 0.3) is 5.91 Å². The molecule has 1 unspecified atom stereocenters. The monoisotopic (exact) mass is 434 g/mol. The summed E-state index contributed by atoms with van der Waals surface area (Å²) < 4.78 is 5.76. The van der Waals surface area contributed by atoms with Crippen LogP contribution in [0.5, 0.6) is 5.75 Å². The Morgan fingerprint density at radius 2 is 1.81 bits per heavy atom. The van der Waals surface area contributed by atoms with Crippen LogP contribution in [-0.2, 0) is 11.2 Å². The lowest BCUT2D eigenvalue weighted by molar-refractivity contribution is -0.133. The van der Waals surface area contributed by atoms with Crippen molar-refractivity contribution >= 4 is 11.9 Å². The van der Waals surface area contributed by atoms with Gasteiger partial charge in [0.15, 0.2) is 0 Å². The molecule has 6 heteroatoms. The standard InChI is InChI=1S/C26H30N2O4/c1-2-8-21-11-6-7-12-23(21)32-18-22(29)17-28-24(30)26(27-25(28)31)15-13-20(14-16-26)19-9-4-3-5-10-19/h2-7,9-12,20,22,29H,1,8,13-18H2,(H,27,31). The van der Waals surface area contributed by atoms with Crippen molar-refractivity contribution < 1.29 is 19.4 Å². The van der Waals surface area contributed by atoms with Crippen molar-refractivity contribution in [1.82, 2.24) is 10.2 Å². The summed E-state index contributed by atoms with van der Waals surface area (Å²) in [6, 6.07) is 17.4. The molecule has 2 fully saturated rings. The molecule has 32 heavy (non-hydrogen) atoms. The zero-order valence-corrected chi connectivity index (χ0v) is 18.2. The Bertz CT molecular complexity index is 967. The molecular formula is C26H30N2O4. The molecule has 2 N–H and O–H groups in total. The Hall–Kier alpha value is -3.12. The normalized spacial score (nSPS) is 23.8. The molecule has 1 aliphatic carbocycles. The quantitative estimate of drug-likeness (QED) is 0.489. The molecule has 4 rings (SSSR count). The maximum absolute atomic E-state index is 13.2. The molecule has 1 atom stereocenters. The molecule has 2 aromatic rings. The number of carbonyl (C=O) groups is 2. The third-order valence-corrected chi connectivity index (χ3v) is 6.52. The number of hydrogen-bond acceptors (Lipinski definition) is 4. The van der Waals surface area contributed by atoms with E-state index < -0.39 is 17.7 Å². The summed E-state index contributed by atoms with van der Waals surface area (Å²) >= 11 is 0. The van der Waals surface area contributed by atoms with E-state index in [2.05, 4.69) is 24.0 Å². The lowest BCUT2D eigenvalue weighted by Crippen LogP contribution is -2.49. The fourth-order valence-corrected chi connectivity index (χ4v) is 4.77. The number of para-hydroxylation sites is 1. The highest BCUT2D eigenvalue weighted by atomic mass is 16.5. The van der Waals surface area contributed by atoms with Crippen LogP contribution in [0.15, 0.2) is 67.3 Å². The van der Waals surface area contributed by atoms with E-state index in [4.69, 9.17) is 4.74 Å². The number of carbonyl (C=O) groups excluding carboxylic acids is 2. The number of allylic oxidation sites excluding steroid dienone is 1. The molecule has 168 valence electrons. The number of β-amino-alcohol motifs (C(OH)–C–C–N with tert-alkyl or cyclic N) is 1. The number of hydrogen-bond donors (Lipinski definition) is 2. The molecule has 2 aromatic carbocycles. The minimum Gasteiger partial charge on any atom is -0.491 e. The van der Waals surface area contributed by atoms with Gasteiger partial charge in [0.05, 0.1) is 6.54 Å². The summed E-state index contributed by atoms with van der Waals surface area (Å²) in [7, 11) is 0. The summed E-state index contributed by atoms with van der Waals surface area (Å²) in [5.41, 5.74) is 1.40. The van der Waals surface area contributed by atoms with Crippen molar-refractivity contribution in [3.63, 3.8) is 0 Å². The van der Waals surface area contributed by atoms with Gasteiger partial charge in [-0.2, -0.15) is 0 Å². The Balaban J connectivity index is 1.34. The van der Waals surface area contributed by atoms with Crippen molar-refractivity contribution in [3.8, 4) is 5.75 Å². The van der Waals surface area contributed by atoms with E-state index in [1.165, 1.54) is 5.56 Å². The van der Waals surface area contributed by atoms with E-state index in [-0.39, 0.29) is 19.1 Å². The number of urea groups is 1. The fourth-order valence-electron chi connectivity index (χ4n) is 4.77. The number of aliphatic hydroxyl groups excluding tert-OH is 1. The SMILES string of the molecule is C=CCc1ccccc1OCC(O)CN1C(=O)NC2(CCC(c3ccccc3)CC2)C1=O. The van der Waals surface area contributed by atoms with E-state index >= 15 is 0 Å². The number of aliphatic hydroxyl groups is 1. The predicted octanol–water partition coefficient (Wildman–Crippen LogP) is 3.80. The molecule has 1 saturated heterocycles. The number of amides is 3. The van der Waals surface area contributed by atoms with Crippen LogP contribution >= 0.6 is 0 Å². The zero-order valence-electron chi connectivity index (χ0n) is 18.2. The number of benzene rings is 2. The van der Waals surface area contributed by atoms with Crippen molar-refractivity contribution in [1.29, 1.82) is 0 Å². The highest BCUT2D eigenvalue weighted by Crippen LogP contribution is 2.40. The number of rotatable bonds is 8. The molecule has 1 aliphatic heterocycles. The summed E-state index contributed by atoms with van der Waals surface area (Å²) in [5.74, 6) is 0.828. The van der Waals surface area contributed by atoms with Crippen LogP contribution in [0.2, 0.25) is 0 Å². The van der Waals surface area contributed by atoms with Crippen LogP contribution in [0, 0.1) is 0 Å². The molecule has 1 spiro atoms. The lowest BCUT2D eigenvalue weighted by Gasteiger charge is -2.35. The highest BCUT2D eigenvalue weighted by molar-refractivity contribution is 6.07. The molecule has 1 saturated carbocycles. The van der Waals surface area contributed by atoms with Crippen LogP contribution in [0.4, 0.5) is 4.79 Å². The van der Waals surface area contributed by atoms with E-state index in [1.807, 2.05) is 42.5 Å². The zero-order chi connectivity index (χ0) is 22.6. The van der Waals surface area contributed by atoms with E-state index in [0.29, 0.717) is 30.9 Å². The first-order chi connectivity index (χ1) is 15.5. The summed E-state index contributed by atoms with van der Waals surface area (Å²) in [4.78, 5) is 26.9. The van der Waals surface area contributed by atoms with Gasteiger partial charge in [-0.1, -0.05) is 54.6 Å². The third-order valence-electron chi connectivity index (χ3n) is 6.52. The van der Waals surface area contributed by atoms with Gasteiger partial charge in [0, 0.05) is 0 Å². The van der Waals surface area contributed by atoms with Gasteiger partial charge in [-0.3, -0.25) is 9.69 Å². The average molecular weight is 435 g/mol. The minimum atomic E-state index is -0.975. The summed E-state index contributed by atoms with van der Waals surface area (Å²) in [6.45, 7) is 3.66. The van der Waals surface area contributed by atoms with Crippen molar-refractivity contribution in [3.05, 3.63) is 78.4 Å². The van der Waals surface area contributed by atoms with Gasteiger partial charge in [-0.25, -0.2) is 4.79 Å². The molecule has 1 heterocycles. The molecule has 3 amide bonds. The lowest BCUT2D eigenvalue weighted by atomic mass is 9.74. The number of nitrogens with one attached hydrogen (secondary N) is 1. The first-order valence-electron chi connectivity index (χ1n) is 11.2. The van der Waals surface area contributed by atoms with Crippen molar-refractivity contribution in [2.24, 2.45) is 0 Å². The second-order valence-electron chi connectivity index (χ2n) is 8.68. The number of imide groups is 1. The fraction of sp³-hybridized carbons (Fsp3) is 0.385. The molecule has 2 aliphatic rings. The maximum Gasteiger partial charge on any atom is 0.325 e. The van der Waals surface area contributed by atoms with Crippen molar-refractivity contribution in [2.75, 3.05) is 13.2 Å². The van der Waals surface area contributed by atoms with Crippen LogP contribution in [0.1, 0.15) is 42.7 Å². The van der Waals surface area contributed by atoms with Crippen molar-refractivity contribution in [2.45, 2.75) is 49.7 Å². The average Bonchev–Trinajstić information content (AvgIpc) is 3.03. The van der Waals surface area contributed by atoms with Gasteiger partial charge in [-0.15, -0.1) is 6.58 Å². The maximum atomic E-state index is 13.2. The van der Waals surface area contributed by atoms with Crippen LogP contribution in [0.3, 0.4) is 0 Å². The smallest absolute Gasteiger partial charge is 0.325 e. The first kappa shape index (κ1) is 22.1. The molecular weight excluding hydrogens is 404 g/mol. The highest BCUT2D eigenvalue weighted by Gasteiger charge is 2.52. The van der Waals surface area contributed by atoms with Gasteiger partial charge in [0.1, 0.15) is 24.0 Å². The van der Waals surface area contributed by atoms with Gasteiger partial charge >= 0.3 is 6.03 Å². The minimum absolute atomic E-state index is 0.00566. The Kier molecular flexibility index (Phi) is 6.61. The van der Waals surface area contributed by atoms with Gasteiger partial charge in [0.2, 0.25) is 0 Å². The van der Waals surface area contributed by atoms with E-state index in [9.17, 15) is 14.7 Å². The van der Waals surface area contributed by atoms with Crippen LogP contribution < -0.4 is 10.1 Å². The van der Waals surface area contributed by atoms with Crippen LogP contribution in [0.25, 0.3) is 0 Å². The second-order valence-corrected chi connectivity index (χ2v) is 8.68. The molecule has 6 nitrogen and oxygen atoms in total. The molecule has 0 radical (unpaired) electrons. The molecule has 0 bridgehead atoms. The number of nitrogens with zero attached hydrogens (tertiary/aromatic N) is 1.